The topological polar surface area (TPSA) is 41.9 Å². The molecule has 4 rings (SSSR count). The number of likely N-dealkylation sites (N-methyl/N-ethyl adjacent to an activating group) is 1. The molecule has 0 bridgehead atoms. The quantitative estimate of drug-likeness (QED) is 0.567. The van der Waals surface area contributed by atoms with Crippen molar-refractivity contribution < 1.29 is 13.9 Å². The van der Waals surface area contributed by atoms with Gasteiger partial charge in [-0.2, -0.15) is 0 Å². The molecule has 0 unspecified atom stereocenters. The Labute approximate surface area is 172 Å². The van der Waals surface area contributed by atoms with Crippen molar-refractivity contribution in [2.24, 2.45) is 4.99 Å². The smallest absolute Gasteiger partial charge is 0.266 e. The Balaban J connectivity index is 1.74. The van der Waals surface area contributed by atoms with E-state index in [2.05, 4.69) is 4.99 Å². The highest BCUT2D eigenvalue weighted by Crippen LogP contribution is 2.36. The van der Waals surface area contributed by atoms with Gasteiger partial charge in [-0.3, -0.25) is 14.7 Å². The highest BCUT2D eigenvalue weighted by atomic mass is 32.2. The third-order valence-electron chi connectivity index (χ3n) is 4.71. The first-order valence-corrected chi connectivity index (χ1v) is 9.92. The molecule has 3 aromatic carbocycles. The van der Waals surface area contributed by atoms with E-state index in [0.29, 0.717) is 22.4 Å². The van der Waals surface area contributed by atoms with Crippen LogP contribution in [-0.2, 0) is 11.4 Å². The maximum absolute atomic E-state index is 13.1. The van der Waals surface area contributed by atoms with Gasteiger partial charge in [0.1, 0.15) is 18.2 Å². The molecule has 1 saturated heterocycles. The van der Waals surface area contributed by atoms with Crippen LogP contribution in [0.3, 0.4) is 0 Å². The van der Waals surface area contributed by atoms with Crippen LogP contribution in [0.15, 0.2) is 70.6 Å². The van der Waals surface area contributed by atoms with Crippen molar-refractivity contribution in [1.29, 1.82) is 0 Å². The van der Waals surface area contributed by atoms with Crippen LogP contribution in [0.1, 0.15) is 11.1 Å². The van der Waals surface area contributed by atoms with Crippen molar-refractivity contribution in [2.45, 2.75) is 6.61 Å². The summed E-state index contributed by atoms with van der Waals surface area (Å²) in [5, 5.41) is 2.71. The van der Waals surface area contributed by atoms with Crippen molar-refractivity contribution in [3.05, 3.63) is 82.5 Å². The minimum Gasteiger partial charge on any atom is -0.488 e. The van der Waals surface area contributed by atoms with Gasteiger partial charge in [-0.05, 0) is 52.4 Å². The van der Waals surface area contributed by atoms with Crippen LogP contribution in [0.4, 0.5) is 4.39 Å². The minimum absolute atomic E-state index is 0.0898. The lowest BCUT2D eigenvalue weighted by atomic mass is 10.0. The molecular formula is C23H19FN2O2S. The van der Waals surface area contributed by atoms with E-state index >= 15 is 0 Å². The van der Waals surface area contributed by atoms with Gasteiger partial charge in [0, 0.05) is 19.7 Å². The number of ether oxygens (including phenoxy) is 1. The maximum atomic E-state index is 13.1. The van der Waals surface area contributed by atoms with E-state index in [9.17, 15) is 9.18 Å². The third-order valence-corrected chi connectivity index (χ3v) is 5.86. The Morgan fingerprint density at radius 2 is 1.86 bits per heavy atom. The summed E-state index contributed by atoms with van der Waals surface area (Å²) in [5.74, 6) is 0.297. The van der Waals surface area contributed by atoms with Gasteiger partial charge >= 0.3 is 0 Å². The normalized spacial score (nSPS) is 16.9. The van der Waals surface area contributed by atoms with Gasteiger partial charge in [0.05, 0.1) is 4.91 Å². The van der Waals surface area contributed by atoms with E-state index in [0.717, 1.165) is 21.9 Å². The van der Waals surface area contributed by atoms with E-state index in [1.807, 2.05) is 42.5 Å². The van der Waals surface area contributed by atoms with Gasteiger partial charge < -0.3 is 4.74 Å². The summed E-state index contributed by atoms with van der Waals surface area (Å²) in [6.07, 6.45) is 1.87. The molecule has 0 N–H and O–H groups in total. The molecule has 1 fully saturated rings. The Kier molecular flexibility index (Phi) is 5.36. The number of benzene rings is 3. The standard InChI is InChI=1S/C23H19FN2O2S/c1-25-23-26(2)22(27)21(29-23)13-19-18-6-4-3-5-16(18)9-12-20(19)28-14-15-7-10-17(24)11-8-15/h3-13H,14H2,1-2H3/b21-13+,25-23?. The van der Waals surface area contributed by atoms with Gasteiger partial charge in [0.2, 0.25) is 0 Å². The Hall–Kier alpha value is -3.12. The number of amides is 1. The zero-order chi connectivity index (χ0) is 20.4. The SMILES string of the molecule is CN=C1S/C(=C/c2c(OCc3ccc(F)cc3)ccc3ccccc23)C(=O)N1C. The van der Waals surface area contributed by atoms with Crippen molar-refractivity contribution in [3.63, 3.8) is 0 Å². The number of aliphatic imine (C=N–C) groups is 1. The lowest BCUT2D eigenvalue weighted by Gasteiger charge is -2.13. The van der Waals surface area contributed by atoms with Crippen LogP contribution in [-0.4, -0.2) is 30.1 Å². The Bertz CT molecular complexity index is 1140. The molecule has 1 amide bonds. The molecule has 0 radical (unpaired) electrons. The van der Waals surface area contributed by atoms with Crippen LogP contribution >= 0.6 is 11.8 Å². The van der Waals surface area contributed by atoms with Crippen LogP contribution in [0.5, 0.6) is 5.75 Å². The van der Waals surface area contributed by atoms with E-state index in [1.54, 1.807) is 31.1 Å². The second-order valence-electron chi connectivity index (χ2n) is 6.59. The summed E-state index contributed by atoms with van der Waals surface area (Å²) in [7, 11) is 3.39. The number of hydrogen-bond acceptors (Lipinski definition) is 4. The lowest BCUT2D eigenvalue weighted by molar-refractivity contribution is -0.121. The lowest BCUT2D eigenvalue weighted by Crippen LogP contribution is -2.23. The summed E-state index contributed by atoms with van der Waals surface area (Å²) in [6.45, 7) is 0.303. The Morgan fingerprint density at radius 1 is 1.10 bits per heavy atom. The number of amidine groups is 1. The van der Waals surface area contributed by atoms with E-state index in [-0.39, 0.29) is 11.7 Å². The molecule has 6 heteroatoms. The molecule has 1 heterocycles. The third kappa shape index (κ3) is 3.89. The number of carbonyl (C=O) groups is 1. The monoisotopic (exact) mass is 406 g/mol. The van der Waals surface area contributed by atoms with Crippen LogP contribution < -0.4 is 4.74 Å². The van der Waals surface area contributed by atoms with Gasteiger partial charge in [-0.25, -0.2) is 4.39 Å². The summed E-state index contributed by atoms with van der Waals surface area (Å²) >= 11 is 1.35. The fraction of sp³-hybridized carbons (Fsp3) is 0.130. The number of halogens is 1. The van der Waals surface area contributed by atoms with Gasteiger partial charge in [-0.15, -0.1) is 0 Å². The highest BCUT2D eigenvalue weighted by Gasteiger charge is 2.30. The molecule has 29 heavy (non-hydrogen) atoms. The van der Waals surface area contributed by atoms with Gasteiger partial charge in [0.25, 0.3) is 5.91 Å². The number of rotatable bonds is 4. The zero-order valence-electron chi connectivity index (χ0n) is 16.1. The number of thioether (sulfide) groups is 1. The van der Waals surface area contributed by atoms with Crippen LogP contribution in [0, 0.1) is 5.82 Å². The molecule has 1 aliphatic rings. The number of hydrogen-bond donors (Lipinski definition) is 0. The summed E-state index contributed by atoms with van der Waals surface area (Å²) in [6, 6.07) is 18.1. The van der Waals surface area contributed by atoms with Crippen molar-refractivity contribution in [2.75, 3.05) is 14.1 Å². The maximum Gasteiger partial charge on any atom is 0.266 e. The molecule has 4 nitrogen and oxygen atoms in total. The Morgan fingerprint density at radius 3 is 2.59 bits per heavy atom. The average molecular weight is 406 g/mol. The molecule has 0 saturated carbocycles. The molecule has 0 atom stereocenters. The van der Waals surface area contributed by atoms with E-state index in [4.69, 9.17) is 4.74 Å². The minimum atomic E-state index is -0.279. The molecular weight excluding hydrogens is 387 g/mol. The second kappa shape index (κ2) is 8.09. The van der Waals surface area contributed by atoms with Crippen molar-refractivity contribution in [1.82, 2.24) is 4.90 Å². The first kappa shape index (κ1) is 19.2. The average Bonchev–Trinajstić information content (AvgIpc) is 3.02. The van der Waals surface area contributed by atoms with Crippen LogP contribution in [0.2, 0.25) is 0 Å². The van der Waals surface area contributed by atoms with Crippen molar-refractivity contribution >= 4 is 39.7 Å². The van der Waals surface area contributed by atoms with E-state index < -0.39 is 0 Å². The largest absolute Gasteiger partial charge is 0.488 e. The predicted molar refractivity (Wildman–Crippen MR) is 116 cm³/mol. The van der Waals surface area contributed by atoms with E-state index in [1.165, 1.54) is 23.9 Å². The highest BCUT2D eigenvalue weighted by molar-refractivity contribution is 8.18. The first-order valence-electron chi connectivity index (χ1n) is 9.10. The number of nitrogens with zero attached hydrogens (tertiary/aromatic N) is 2. The molecule has 0 aromatic heterocycles. The van der Waals surface area contributed by atoms with Crippen molar-refractivity contribution in [3.8, 4) is 5.75 Å². The zero-order valence-corrected chi connectivity index (χ0v) is 16.9. The van der Waals surface area contributed by atoms with Gasteiger partial charge in [0.15, 0.2) is 5.17 Å². The van der Waals surface area contributed by atoms with Crippen LogP contribution in [0.25, 0.3) is 16.8 Å². The predicted octanol–water partition coefficient (Wildman–Crippen LogP) is 5.09. The molecule has 146 valence electrons. The number of fused-ring (bicyclic) bond motifs is 1. The van der Waals surface area contributed by atoms with Gasteiger partial charge in [-0.1, -0.05) is 42.5 Å². The fourth-order valence-electron chi connectivity index (χ4n) is 3.17. The summed E-state index contributed by atoms with van der Waals surface area (Å²) in [5.41, 5.74) is 1.71. The fourth-order valence-corrected chi connectivity index (χ4v) is 4.08. The number of carbonyl (C=O) groups excluding carboxylic acids is 1. The molecule has 1 aliphatic heterocycles. The second-order valence-corrected chi connectivity index (χ2v) is 7.60. The molecule has 0 aliphatic carbocycles. The summed E-state index contributed by atoms with van der Waals surface area (Å²) in [4.78, 5) is 18.9. The summed E-state index contributed by atoms with van der Waals surface area (Å²) < 4.78 is 19.2. The first-order chi connectivity index (χ1) is 14.1. The molecule has 0 spiro atoms. The molecule has 3 aromatic rings.